The van der Waals surface area contributed by atoms with Crippen molar-refractivity contribution in [2.45, 2.75) is 65.3 Å². The highest BCUT2D eigenvalue weighted by molar-refractivity contribution is 6.64. The second-order valence-corrected chi connectivity index (χ2v) is 10.00. The lowest BCUT2D eigenvalue weighted by molar-refractivity contribution is -0.115. The maximum atomic E-state index is 12.7. The van der Waals surface area contributed by atoms with Crippen LogP contribution in [-0.4, -0.2) is 54.6 Å². The normalized spacial score (nSPS) is 16.8. The highest BCUT2D eigenvalue weighted by atomic mass is 16.7. The first-order chi connectivity index (χ1) is 15.7. The molecule has 1 aliphatic rings. The van der Waals surface area contributed by atoms with Gasteiger partial charge in [0.15, 0.2) is 12.2 Å². The molecular weight excluding hydrogens is 441 g/mol. The summed E-state index contributed by atoms with van der Waals surface area (Å²) in [4.78, 5) is 28.6. The van der Waals surface area contributed by atoms with Crippen LogP contribution in [0.2, 0.25) is 0 Å². The van der Waals surface area contributed by atoms with E-state index in [-0.39, 0.29) is 6.54 Å². The second-order valence-electron chi connectivity index (χ2n) is 10.00. The van der Waals surface area contributed by atoms with Crippen LogP contribution < -0.4 is 20.8 Å². The number of carbonyl (C=O) groups is 2. The van der Waals surface area contributed by atoms with Crippen molar-refractivity contribution in [2.24, 2.45) is 0 Å². The molecule has 0 atom stereocenters. The van der Waals surface area contributed by atoms with Gasteiger partial charge < -0.3 is 33.8 Å². The zero-order valence-electron chi connectivity index (χ0n) is 20.9. The molecule has 1 aromatic heterocycles. The van der Waals surface area contributed by atoms with Gasteiger partial charge in [0.2, 0.25) is 5.91 Å². The fourth-order valence-electron chi connectivity index (χ4n) is 3.24. The summed E-state index contributed by atoms with van der Waals surface area (Å²) in [5.41, 5.74) is -0.262. The molecule has 1 fully saturated rings. The molecule has 10 nitrogen and oxygen atoms in total. The average molecular weight is 473 g/mol. The molecule has 0 aliphatic carbocycles. The molecule has 2 amide bonds. The van der Waals surface area contributed by atoms with Gasteiger partial charge in [0, 0.05) is 17.2 Å². The number of oxazole rings is 1. The Morgan fingerprint density at radius 3 is 2.29 bits per heavy atom. The number of anilines is 1. The lowest BCUT2D eigenvalue weighted by atomic mass is 9.76. The van der Waals surface area contributed by atoms with Gasteiger partial charge in [0.25, 0.3) is 0 Å². The van der Waals surface area contributed by atoms with Crippen molar-refractivity contribution in [3.63, 3.8) is 0 Å². The summed E-state index contributed by atoms with van der Waals surface area (Å²) in [5.74, 6) is 0.476. The van der Waals surface area contributed by atoms with Gasteiger partial charge in [0.05, 0.1) is 30.1 Å². The first-order valence-corrected chi connectivity index (χ1v) is 11.0. The number of methoxy groups -OCH3 is 1. The summed E-state index contributed by atoms with van der Waals surface area (Å²) < 4.78 is 28.6. The van der Waals surface area contributed by atoms with Crippen molar-refractivity contribution < 1.29 is 32.8 Å². The third-order valence-electron chi connectivity index (χ3n) is 5.64. The van der Waals surface area contributed by atoms with Crippen molar-refractivity contribution in [3.8, 4) is 17.1 Å². The van der Waals surface area contributed by atoms with Crippen LogP contribution in [0.5, 0.6) is 5.75 Å². The van der Waals surface area contributed by atoms with Crippen molar-refractivity contribution in [1.29, 1.82) is 0 Å². The molecule has 0 radical (unpaired) electrons. The van der Waals surface area contributed by atoms with Gasteiger partial charge in [-0.15, -0.1) is 0 Å². The third-order valence-corrected chi connectivity index (χ3v) is 5.64. The molecule has 184 valence electrons. The number of aromatic nitrogens is 1. The zero-order chi connectivity index (χ0) is 25.3. The number of hydrogen-bond donors (Lipinski definition) is 2. The van der Waals surface area contributed by atoms with Crippen molar-refractivity contribution in [3.05, 3.63) is 24.7 Å². The van der Waals surface area contributed by atoms with Gasteiger partial charge in [-0.3, -0.25) is 4.79 Å². The highest BCUT2D eigenvalue weighted by Crippen LogP contribution is 2.39. The first kappa shape index (κ1) is 25.6. The third kappa shape index (κ3) is 5.71. The van der Waals surface area contributed by atoms with Crippen LogP contribution >= 0.6 is 0 Å². The predicted molar refractivity (Wildman–Crippen MR) is 127 cm³/mol. The van der Waals surface area contributed by atoms with E-state index >= 15 is 0 Å². The molecule has 0 unspecified atom stereocenters. The van der Waals surface area contributed by atoms with Gasteiger partial charge in [-0.1, -0.05) is 0 Å². The number of alkyl carbamates (subject to hydrolysis) is 1. The predicted octanol–water partition coefficient (Wildman–Crippen LogP) is 3.11. The molecule has 2 aromatic rings. The van der Waals surface area contributed by atoms with Gasteiger partial charge in [-0.2, -0.15) is 0 Å². The number of nitrogens with zero attached hydrogens (tertiary/aromatic N) is 1. The Morgan fingerprint density at radius 1 is 1.12 bits per heavy atom. The van der Waals surface area contributed by atoms with Gasteiger partial charge in [-0.25, -0.2) is 9.78 Å². The van der Waals surface area contributed by atoms with E-state index in [1.807, 2.05) is 27.7 Å². The summed E-state index contributed by atoms with van der Waals surface area (Å²) in [5, 5.41) is 5.26. The quantitative estimate of drug-likeness (QED) is 0.614. The molecule has 2 heterocycles. The van der Waals surface area contributed by atoms with Crippen molar-refractivity contribution >= 4 is 30.3 Å². The number of amides is 2. The van der Waals surface area contributed by atoms with Crippen molar-refractivity contribution in [1.82, 2.24) is 10.3 Å². The van der Waals surface area contributed by atoms with Crippen LogP contribution in [0.15, 0.2) is 29.1 Å². The minimum absolute atomic E-state index is 0.288. The van der Waals surface area contributed by atoms with Crippen LogP contribution in [0.4, 0.5) is 10.5 Å². The summed E-state index contributed by atoms with van der Waals surface area (Å²) in [6.45, 7) is 12.7. The number of hydrogen-bond acceptors (Lipinski definition) is 8. The van der Waals surface area contributed by atoms with E-state index in [0.29, 0.717) is 28.2 Å². The average Bonchev–Trinajstić information content (AvgIpc) is 3.31. The zero-order valence-corrected chi connectivity index (χ0v) is 20.9. The Morgan fingerprint density at radius 2 is 1.76 bits per heavy atom. The van der Waals surface area contributed by atoms with E-state index in [0.717, 1.165) is 0 Å². The Balaban J connectivity index is 1.91. The summed E-state index contributed by atoms with van der Waals surface area (Å²) in [6, 6.07) is 3.43. The van der Waals surface area contributed by atoms with E-state index in [1.165, 1.54) is 13.5 Å². The summed E-state index contributed by atoms with van der Waals surface area (Å²) >= 11 is 0. The van der Waals surface area contributed by atoms with Crippen LogP contribution in [0, 0.1) is 0 Å². The smallest absolute Gasteiger partial charge is 0.496 e. The number of nitrogens with one attached hydrogen (secondary N) is 2. The van der Waals surface area contributed by atoms with E-state index < -0.39 is 35.9 Å². The van der Waals surface area contributed by atoms with Crippen LogP contribution in [0.1, 0.15) is 48.5 Å². The molecular formula is C23H32BN3O7. The Labute approximate surface area is 199 Å². The van der Waals surface area contributed by atoms with Gasteiger partial charge in [0.1, 0.15) is 17.9 Å². The minimum Gasteiger partial charge on any atom is -0.496 e. The Bertz CT molecular complexity index is 1030. The SMILES string of the molecule is COc1cc(NC(=O)CNC(=O)OC(C)(C)C)c(B2OC(C)(C)C(C)(C)O2)cc1-c1cnco1. The van der Waals surface area contributed by atoms with Crippen LogP contribution in [0.25, 0.3) is 11.3 Å². The standard InChI is InChI=1S/C23H32BN3O7/c1-21(2,3)32-20(29)26-12-19(28)27-16-10-17(30-8)14(18-11-25-13-31-18)9-15(16)24-33-22(4,5)23(6,7)34-24/h9-11,13H,12H2,1-8H3,(H,26,29)(H,27,28). The molecule has 3 rings (SSSR count). The molecule has 1 aromatic carbocycles. The van der Waals surface area contributed by atoms with Gasteiger partial charge in [-0.05, 0) is 54.5 Å². The largest absolute Gasteiger partial charge is 0.497 e. The summed E-state index contributed by atoms with van der Waals surface area (Å²) in [7, 11) is 0.742. The Kier molecular flexibility index (Phi) is 7.00. The number of rotatable bonds is 6. The molecule has 2 N–H and O–H groups in total. The van der Waals surface area contributed by atoms with Crippen LogP contribution in [0.3, 0.4) is 0 Å². The number of carbonyl (C=O) groups excluding carboxylic acids is 2. The topological polar surface area (TPSA) is 121 Å². The van der Waals surface area contributed by atoms with E-state index in [2.05, 4.69) is 15.6 Å². The van der Waals surface area contributed by atoms with Crippen molar-refractivity contribution in [2.75, 3.05) is 19.0 Å². The van der Waals surface area contributed by atoms with E-state index in [1.54, 1.807) is 39.1 Å². The molecule has 0 spiro atoms. The maximum Gasteiger partial charge on any atom is 0.497 e. The maximum absolute atomic E-state index is 12.7. The van der Waals surface area contributed by atoms with Crippen LogP contribution in [-0.2, 0) is 18.8 Å². The van der Waals surface area contributed by atoms with E-state index in [9.17, 15) is 9.59 Å². The second kappa shape index (κ2) is 9.30. The number of benzene rings is 1. The Hall–Kier alpha value is -3.05. The van der Waals surface area contributed by atoms with E-state index in [4.69, 9.17) is 23.2 Å². The number of ether oxygens (including phenoxy) is 2. The highest BCUT2D eigenvalue weighted by Gasteiger charge is 2.52. The monoisotopic (exact) mass is 473 g/mol. The molecule has 34 heavy (non-hydrogen) atoms. The molecule has 0 saturated carbocycles. The fourth-order valence-corrected chi connectivity index (χ4v) is 3.24. The minimum atomic E-state index is -0.772. The summed E-state index contributed by atoms with van der Waals surface area (Å²) in [6.07, 6.45) is 2.20. The lowest BCUT2D eigenvalue weighted by Gasteiger charge is -2.32. The van der Waals surface area contributed by atoms with Gasteiger partial charge >= 0.3 is 13.2 Å². The molecule has 1 aliphatic heterocycles. The first-order valence-electron chi connectivity index (χ1n) is 11.0. The molecule has 1 saturated heterocycles. The molecule has 11 heteroatoms. The lowest BCUT2D eigenvalue weighted by Crippen LogP contribution is -2.41. The fraction of sp³-hybridized carbons (Fsp3) is 0.522. The molecule has 0 bridgehead atoms.